The van der Waals surface area contributed by atoms with Gasteiger partial charge in [0.15, 0.2) is 5.96 Å². The maximum Gasteiger partial charge on any atom is 0.241 e. The number of carbonyl (C=O) groups is 1. The molecule has 0 aliphatic heterocycles. The zero-order chi connectivity index (χ0) is 17.2. The summed E-state index contributed by atoms with van der Waals surface area (Å²) in [4.78, 5) is 17.7. The van der Waals surface area contributed by atoms with Crippen molar-refractivity contribution in [3.8, 4) is 5.75 Å². The van der Waals surface area contributed by atoms with Crippen LogP contribution >= 0.6 is 24.0 Å². The number of likely N-dealkylation sites (N-methyl/N-ethyl adjacent to an activating group) is 1. The zero-order valence-corrected chi connectivity index (χ0v) is 17.1. The van der Waals surface area contributed by atoms with E-state index in [2.05, 4.69) is 22.2 Å². The standard InChI is InChI=1S/C17H26N4O2.HI/c1-13(2)10-18-17(20-12-16(22)21(3)4)19-11-14-8-6-7-9-15(14)23-5;/h6-9H,1,10-12H2,2-5H3,(H2,18,19,20);1H. The third kappa shape index (κ3) is 8.19. The molecule has 134 valence electrons. The van der Waals surface area contributed by atoms with Crippen molar-refractivity contribution in [3.63, 3.8) is 0 Å². The fraction of sp³-hybridized carbons (Fsp3) is 0.412. The Morgan fingerprint density at radius 2 is 1.88 bits per heavy atom. The minimum Gasteiger partial charge on any atom is -0.496 e. The number of ether oxygens (including phenoxy) is 1. The van der Waals surface area contributed by atoms with E-state index in [1.165, 1.54) is 4.90 Å². The number of halogens is 1. The van der Waals surface area contributed by atoms with Crippen molar-refractivity contribution in [2.24, 2.45) is 4.99 Å². The lowest BCUT2D eigenvalue weighted by Gasteiger charge is -2.15. The molecule has 0 atom stereocenters. The van der Waals surface area contributed by atoms with Crippen LogP contribution in [0.1, 0.15) is 12.5 Å². The number of carbonyl (C=O) groups excluding carboxylic acids is 1. The highest BCUT2D eigenvalue weighted by molar-refractivity contribution is 14.0. The van der Waals surface area contributed by atoms with E-state index in [-0.39, 0.29) is 36.4 Å². The molecule has 0 saturated carbocycles. The summed E-state index contributed by atoms with van der Waals surface area (Å²) in [5, 5.41) is 6.18. The first kappa shape index (κ1) is 22.2. The predicted molar refractivity (Wildman–Crippen MR) is 109 cm³/mol. The van der Waals surface area contributed by atoms with Crippen molar-refractivity contribution < 1.29 is 9.53 Å². The molecule has 0 radical (unpaired) electrons. The van der Waals surface area contributed by atoms with Crippen LogP contribution in [0, 0.1) is 0 Å². The normalized spacial score (nSPS) is 10.4. The van der Waals surface area contributed by atoms with Crippen LogP contribution in [0.5, 0.6) is 5.75 Å². The van der Waals surface area contributed by atoms with E-state index in [9.17, 15) is 4.79 Å². The van der Waals surface area contributed by atoms with Gasteiger partial charge in [0.2, 0.25) is 5.91 Å². The van der Waals surface area contributed by atoms with Crippen LogP contribution in [0.4, 0.5) is 0 Å². The van der Waals surface area contributed by atoms with Gasteiger partial charge in [-0.1, -0.05) is 30.4 Å². The van der Waals surface area contributed by atoms with Gasteiger partial charge in [-0.05, 0) is 13.0 Å². The van der Waals surface area contributed by atoms with Gasteiger partial charge >= 0.3 is 0 Å². The molecule has 0 spiro atoms. The van der Waals surface area contributed by atoms with Crippen LogP contribution in [0.25, 0.3) is 0 Å². The van der Waals surface area contributed by atoms with Gasteiger partial charge in [0.25, 0.3) is 0 Å². The number of methoxy groups -OCH3 is 1. The van der Waals surface area contributed by atoms with Gasteiger partial charge in [0.1, 0.15) is 5.75 Å². The SMILES string of the molecule is C=C(C)CNC(=NCc1ccccc1OC)NCC(=O)N(C)C.I. The molecule has 6 nitrogen and oxygen atoms in total. The maximum atomic E-state index is 11.7. The fourth-order valence-corrected chi connectivity index (χ4v) is 1.72. The number of nitrogens with zero attached hydrogens (tertiary/aromatic N) is 2. The van der Waals surface area contributed by atoms with Crippen LogP contribution in [0.2, 0.25) is 0 Å². The molecule has 1 amide bonds. The van der Waals surface area contributed by atoms with Gasteiger partial charge in [-0.15, -0.1) is 24.0 Å². The number of benzene rings is 1. The molecule has 1 aromatic rings. The third-order valence-electron chi connectivity index (χ3n) is 3.06. The molecule has 0 aliphatic rings. The molecule has 0 saturated heterocycles. The van der Waals surface area contributed by atoms with Gasteiger partial charge in [-0.25, -0.2) is 4.99 Å². The molecule has 24 heavy (non-hydrogen) atoms. The van der Waals surface area contributed by atoms with Crippen LogP contribution in [-0.2, 0) is 11.3 Å². The van der Waals surface area contributed by atoms with Gasteiger partial charge in [0.05, 0.1) is 20.2 Å². The molecule has 1 aromatic carbocycles. The van der Waals surface area contributed by atoms with Gasteiger partial charge in [-0.3, -0.25) is 4.79 Å². The zero-order valence-electron chi connectivity index (χ0n) is 14.8. The molecule has 0 aliphatic carbocycles. The largest absolute Gasteiger partial charge is 0.496 e. The number of hydrogen-bond donors (Lipinski definition) is 2. The van der Waals surface area contributed by atoms with Gasteiger partial charge in [-0.2, -0.15) is 0 Å². The molecule has 0 heterocycles. The second kappa shape index (κ2) is 11.7. The number of aliphatic imine (C=N–C) groups is 1. The van der Waals surface area contributed by atoms with E-state index in [1.54, 1.807) is 21.2 Å². The predicted octanol–water partition coefficient (Wildman–Crippen LogP) is 2.01. The van der Waals surface area contributed by atoms with Crippen molar-refractivity contribution in [1.82, 2.24) is 15.5 Å². The Hall–Kier alpha value is -1.77. The van der Waals surface area contributed by atoms with E-state index >= 15 is 0 Å². The molecule has 1 rings (SSSR count). The molecule has 0 bridgehead atoms. The number of rotatable bonds is 7. The van der Waals surface area contributed by atoms with E-state index in [0.717, 1.165) is 16.9 Å². The smallest absolute Gasteiger partial charge is 0.241 e. The van der Waals surface area contributed by atoms with Crippen LogP contribution < -0.4 is 15.4 Å². The number of amides is 1. The van der Waals surface area contributed by atoms with Gasteiger partial charge in [0, 0.05) is 26.2 Å². The Bertz CT molecular complexity index is 573. The van der Waals surface area contributed by atoms with Crippen molar-refractivity contribution in [3.05, 3.63) is 42.0 Å². The number of guanidine groups is 1. The van der Waals surface area contributed by atoms with Crippen LogP contribution in [0.3, 0.4) is 0 Å². The lowest BCUT2D eigenvalue weighted by molar-refractivity contribution is -0.127. The maximum absolute atomic E-state index is 11.7. The van der Waals surface area contributed by atoms with Gasteiger partial charge < -0.3 is 20.3 Å². The van der Waals surface area contributed by atoms with Crippen LogP contribution in [0.15, 0.2) is 41.4 Å². The highest BCUT2D eigenvalue weighted by Crippen LogP contribution is 2.17. The summed E-state index contributed by atoms with van der Waals surface area (Å²) in [5.74, 6) is 1.33. The molecule has 0 aromatic heterocycles. The first-order valence-corrected chi connectivity index (χ1v) is 7.42. The van der Waals surface area contributed by atoms with E-state index < -0.39 is 0 Å². The fourth-order valence-electron chi connectivity index (χ4n) is 1.72. The summed E-state index contributed by atoms with van der Waals surface area (Å²) in [5.41, 5.74) is 1.96. The molecule has 0 unspecified atom stereocenters. The summed E-state index contributed by atoms with van der Waals surface area (Å²) in [6, 6.07) is 7.72. The highest BCUT2D eigenvalue weighted by Gasteiger charge is 2.06. The van der Waals surface area contributed by atoms with E-state index in [0.29, 0.717) is 19.0 Å². The quantitative estimate of drug-likeness (QED) is 0.291. The van der Waals surface area contributed by atoms with Crippen molar-refractivity contribution in [2.75, 3.05) is 34.3 Å². The minimum absolute atomic E-state index is 0. The average Bonchev–Trinajstić information content (AvgIpc) is 2.53. The Labute approximate surface area is 161 Å². The first-order valence-electron chi connectivity index (χ1n) is 7.42. The molecular formula is C17H27IN4O2. The molecule has 0 fully saturated rings. The number of nitrogens with one attached hydrogen (secondary N) is 2. The first-order chi connectivity index (χ1) is 10.9. The second-order valence-corrected chi connectivity index (χ2v) is 5.43. The van der Waals surface area contributed by atoms with Crippen molar-refractivity contribution >= 4 is 35.8 Å². The van der Waals surface area contributed by atoms with E-state index in [4.69, 9.17) is 4.74 Å². The number of para-hydroxylation sites is 1. The Balaban J connectivity index is 0.00000529. The Kier molecular flexibility index (Phi) is 10.9. The summed E-state index contributed by atoms with van der Waals surface area (Å²) in [7, 11) is 5.07. The monoisotopic (exact) mass is 446 g/mol. The van der Waals surface area contributed by atoms with Crippen molar-refractivity contribution in [1.29, 1.82) is 0 Å². The Morgan fingerprint density at radius 1 is 1.25 bits per heavy atom. The lowest BCUT2D eigenvalue weighted by Crippen LogP contribution is -2.43. The average molecular weight is 446 g/mol. The molecule has 2 N–H and O–H groups in total. The van der Waals surface area contributed by atoms with E-state index in [1.807, 2.05) is 31.2 Å². The minimum atomic E-state index is -0.0212. The summed E-state index contributed by atoms with van der Waals surface area (Å²) >= 11 is 0. The second-order valence-electron chi connectivity index (χ2n) is 5.43. The summed E-state index contributed by atoms with van der Waals surface area (Å²) in [6.07, 6.45) is 0. The summed E-state index contributed by atoms with van der Waals surface area (Å²) in [6.45, 7) is 7.00. The van der Waals surface area contributed by atoms with Crippen LogP contribution in [-0.4, -0.2) is 51.1 Å². The molecular weight excluding hydrogens is 419 g/mol. The topological polar surface area (TPSA) is 66.0 Å². The third-order valence-corrected chi connectivity index (χ3v) is 3.06. The number of hydrogen-bond acceptors (Lipinski definition) is 3. The summed E-state index contributed by atoms with van der Waals surface area (Å²) < 4.78 is 5.32. The molecule has 7 heteroatoms. The highest BCUT2D eigenvalue weighted by atomic mass is 127. The Morgan fingerprint density at radius 3 is 2.46 bits per heavy atom. The lowest BCUT2D eigenvalue weighted by atomic mass is 10.2. The van der Waals surface area contributed by atoms with Crippen molar-refractivity contribution in [2.45, 2.75) is 13.5 Å².